The molecule has 0 atom stereocenters. The molecule has 0 aliphatic carbocycles. The summed E-state index contributed by atoms with van der Waals surface area (Å²) in [5, 5.41) is 9.26. The largest absolute Gasteiger partial charge is 0.416 e. The van der Waals surface area contributed by atoms with Gasteiger partial charge in [-0.1, -0.05) is 65.9 Å². The Hall–Kier alpha value is -3.06. The molecule has 0 aliphatic rings. The fourth-order valence-corrected chi connectivity index (χ4v) is 4.36. The molecule has 0 spiro atoms. The van der Waals surface area contributed by atoms with Crippen molar-refractivity contribution in [2.75, 3.05) is 0 Å². The van der Waals surface area contributed by atoms with Crippen LogP contribution in [0.5, 0.6) is 0 Å². The van der Waals surface area contributed by atoms with Crippen LogP contribution < -0.4 is 0 Å². The Balaban J connectivity index is 1.76. The van der Waals surface area contributed by atoms with E-state index in [0.717, 1.165) is 28.4 Å². The Bertz CT molecular complexity index is 1210. The van der Waals surface area contributed by atoms with Gasteiger partial charge in [0.2, 0.25) is 0 Å². The van der Waals surface area contributed by atoms with Crippen LogP contribution in [0, 0.1) is 13.8 Å². The number of aryl methyl sites for hydroxylation is 2. The van der Waals surface area contributed by atoms with Crippen molar-refractivity contribution in [2.45, 2.75) is 30.9 Å². The third-order valence-corrected chi connectivity index (χ3v) is 5.83. The maximum Gasteiger partial charge on any atom is 0.416 e. The fraction of sp³-hybridized carbons (Fsp3) is 0.167. The van der Waals surface area contributed by atoms with Gasteiger partial charge in [-0.3, -0.25) is 4.57 Å². The first-order chi connectivity index (χ1) is 14.8. The molecule has 0 saturated carbocycles. The molecule has 0 N–H and O–H groups in total. The summed E-state index contributed by atoms with van der Waals surface area (Å²) in [5.41, 5.74) is 3.52. The molecule has 31 heavy (non-hydrogen) atoms. The number of nitrogens with zero attached hydrogens (tertiary/aromatic N) is 3. The number of rotatable bonds is 5. The second-order valence-electron chi connectivity index (χ2n) is 7.29. The summed E-state index contributed by atoms with van der Waals surface area (Å²) in [6.07, 6.45) is -4.39. The summed E-state index contributed by atoms with van der Waals surface area (Å²) in [7, 11) is 0. The van der Waals surface area contributed by atoms with E-state index in [0.29, 0.717) is 11.0 Å². The molecule has 0 unspecified atom stereocenters. The quantitative estimate of drug-likeness (QED) is 0.318. The molecule has 4 rings (SSSR count). The predicted octanol–water partition coefficient (Wildman–Crippen LogP) is 6.86. The van der Waals surface area contributed by atoms with E-state index in [1.807, 2.05) is 66.9 Å². The van der Waals surface area contributed by atoms with E-state index in [2.05, 4.69) is 10.2 Å². The zero-order valence-electron chi connectivity index (χ0n) is 17.0. The predicted molar refractivity (Wildman–Crippen MR) is 117 cm³/mol. The van der Waals surface area contributed by atoms with Gasteiger partial charge in [0.05, 0.1) is 5.56 Å². The summed E-state index contributed by atoms with van der Waals surface area (Å²) >= 11 is 1.24. The van der Waals surface area contributed by atoms with Crippen LogP contribution >= 0.6 is 11.8 Å². The third-order valence-electron chi connectivity index (χ3n) is 4.85. The molecule has 0 aliphatic heterocycles. The number of halogens is 3. The molecule has 1 aromatic heterocycles. The van der Waals surface area contributed by atoms with Crippen molar-refractivity contribution in [1.29, 1.82) is 0 Å². The summed E-state index contributed by atoms with van der Waals surface area (Å²) in [4.78, 5) is 0. The van der Waals surface area contributed by atoms with E-state index in [9.17, 15) is 13.2 Å². The second kappa shape index (κ2) is 8.59. The SMILES string of the molecule is Cc1cccc(-c2nnc(SCc3ccccc3C(F)(F)F)n2-c2cccc(C)c2)c1. The Kier molecular flexibility index (Phi) is 5.87. The Labute approximate surface area is 183 Å². The smallest absolute Gasteiger partial charge is 0.270 e. The van der Waals surface area contributed by atoms with Crippen LogP contribution in [0.1, 0.15) is 22.3 Å². The number of thioether (sulfide) groups is 1. The Morgan fingerprint density at radius 2 is 1.55 bits per heavy atom. The molecule has 0 amide bonds. The van der Waals surface area contributed by atoms with Gasteiger partial charge in [-0.05, 0) is 49.2 Å². The van der Waals surface area contributed by atoms with Gasteiger partial charge in [0.15, 0.2) is 11.0 Å². The van der Waals surface area contributed by atoms with Crippen molar-refractivity contribution in [3.8, 4) is 17.1 Å². The highest BCUT2D eigenvalue weighted by molar-refractivity contribution is 7.98. The first-order valence-electron chi connectivity index (χ1n) is 9.70. The standard InChI is InChI=1S/C24H20F3N3S/c1-16-7-5-10-18(13-16)22-28-29-23(30(22)20-11-6-8-17(2)14-20)31-15-19-9-3-4-12-21(19)24(25,26)27/h3-14H,15H2,1-2H3. The molecule has 0 radical (unpaired) electrons. The minimum Gasteiger partial charge on any atom is -0.270 e. The lowest BCUT2D eigenvalue weighted by Gasteiger charge is -2.14. The number of hydrogen-bond acceptors (Lipinski definition) is 3. The Morgan fingerprint density at radius 1 is 0.839 bits per heavy atom. The van der Waals surface area contributed by atoms with E-state index in [-0.39, 0.29) is 11.3 Å². The van der Waals surface area contributed by atoms with E-state index in [1.54, 1.807) is 6.07 Å². The lowest BCUT2D eigenvalue weighted by atomic mass is 10.1. The molecule has 1 heterocycles. The fourth-order valence-electron chi connectivity index (χ4n) is 3.40. The normalized spacial score (nSPS) is 11.6. The van der Waals surface area contributed by atoms with Crippen LogP contribution in [0.15, 0.2) is 78.0 Å². The van der Waals surface area contributed by atoms with Gasteiger partial charge in [0.25, 0.3) is 0 Å². The topological polar surface area (TPSA) is 30.7 Å². The lowest BCUT2D eigenvalue weighted by Crippen LogP contribution is -2.08. The van der Waals surface area contributed by atoms with Crippen molar-refractivity contribution >= 4 is 11.8 Å². The van der Waals surface area contributed by atoms with E-state index in [4.69, 9.17) is 0 Å². The number of aromatic nitrogens is 3. The highest BCUT2D eigenvalue weighted by Crippen LogP contribution is 2.36. The van der Waals surface area contributed by atoms with Gasteiger partial charge < -0.3 is 0 Å². The highest BCUT2D eigenvalue weighted by atomic mass is 32.2. The van der Waals surface area contributed by atoms with Gasteiger partial charge in [-0.25, -0.2) is 0 Å². The average Bonchev–Trinajstić information content (AvgIpc) is 3.16. The van der Waals surface area contributed by atoms with Crippen molar-refractivity contribution in [2.24, 2.45) is 0 Å². The van der Waals surface area contributed by atoms with Crippen LogP contribution in [0.2, 0.25) is 0 Å². The zero-order chi connectivity index (χ0) is 22.0. The number of benzene rings is 3. The third kappa shape index (κ3) is 4.66. The van der Waals surface area contributed by atoms with Gasteiger partial charge in [0, 0.05) is 17.0 Å². The molecule has 4 aromatic rings. The molecular weight excluding hydrogens is 419 g/mol. The van der Waals surface area contributed by atoms with Crippen LogP contribution in [-0.4, -0.2) is 14.8 Å². The summed E-state index contributed by atoms with van der Waals surface area (Å²) in [5.74, 6) is 0.786. The summed E-state index contributed by atoms with van der Waals surface area (Å²) < 4.78 is 42.1. The van der Waals surface area contributed by atoms with Gasteiger partial charge in [-0.15, -0.1) is 10.2 Å². The van der Waals surface area contributed by atoms with Crippen LogP contribution in [0.4, 0.5) is 13.2 Å². The summed E-state index contributed by atoms with van der Waals surface area (Å²) in [6.45, 7) is 3.99. The first-order valence-corrected chi connectivity index (χ1v) is 10.7. The van der Waals surface area contributed by atoms with E-state index in [1.165, 1.54) is 23.9 Å². The maximum absolute atomic E-state index is 13.4. The molecule has 3 aromatic carbocycles. The molecular formula is C24H20F3N3S. The van der Waals surface area contributed by atoms with E-state index < -0.39 is 11.7 Å². The monoisotopic (exact) mass is 439 g/mol. The lowest BCUT2D eigenvalue weighted by molar-refractivity contribution is -0.138. The zero-order valence-corrected chi connectivity index (χ0v) is 17.8. The van der Waals surface area contributed by atoms with Crippen molar-refractivity contribution in [1.82, 2.24) is 14.8 Å². The van der Waals surface area contributed by atoms with Crippen LogP contribution in [0.3, 0.4) is 0 Å². The second-order valence-corrected chi connectivity index (χ2v) is 8.24. The van der Waals surface area contributed by atoms with Crippen molar-refractivity contribution < 1.29 is 13.2 Å². The molecule has 0 saturated heterocycles. The van der Waals surface area contributed by atoms with Crippen molar-refractivity contribution in [3.63, 3.8) is 0 Å². The Morgan fingerprint density at radius 3 is 2.26 bits per heavy atom. The maximum atomic E-state index is 13.4. The van der Waals surface area contributed by atoms with E-state index >= 15 is 0 Å². The van der Waals surface area contributed by atoms with Gasteiger partial charge >= 0.3 is 6.18 Å². The number of hydrogen-bond donors (Lipinski definition) is 0. The van der Waals surface area contributed by atoms with Crippen LogP contribution in [0.25, 0.3) is 17.1 Å². The first kappa shape index (κ1) is 21.2. The summed E-state index contributed by atoms with van der Waals surface area (Å²) in [6, 6.07) is 21.5. The van der Waals surface area contributed by atoms with Gasteiger partial charge in [-0.2, -0.15) is 13.2 Å². The minimum atomic E-state index is -4.39. The molecule has 7 heteroatoms. The average molecular weight is 440 g/mol. The van der Waals surface area contributed by atoms with Crippen molar-refractivity contribution in [3.05, 3.63) is 95.1 Å². The number of alkyl halides is 3. The molecule has 158 valence electrons. The molecule has 3 nitrogen and oxygen atoms in total. The molecule has 0 fully saturated rings. The van der Waals surface area contributed by atoms with Gasteiger partial charge in [0.1, 0.15) is 0 Å². The van der Waals surface area contributed by atoms with Crippen LogP contribution in [-0.2, 0) is 11.9 Å². The molecule has 0 bridgehead atoms. The highest BCUT2D eigenvalue weighted by Gasteiger charge is 2.33. The minimum absolute atomic E-state index is 0.132.